The molecule has 3 saturated heterocycles. The summed E-state index contributed by atoms with van der Waals surface area (Å²) >= 11 is 0. The Morgan fingerprint density at radius 3 is 2.29 bits per heavy atom. The zero-order chi connectivity index (χ0) is 16.1. The molecular formula is C16H24ClN3O4. The van der Waals surface area contributed by atoms with Gasteiger partial charge in [0.2, 0.25) is 17.7 Å². The molecule has 0 aromatic rings. The van der Waals surface area contributed by atoms with Crippen LogP contribution in [0.15, 0.2) is 0 Å². The van der Waals surface area contributed by atoms with Gasteiger partial charge < -0.3 is 15.8 Å². The summed E-state index contributed by atoms with van der Waals surface area (Å²) in [5.74, 6) is -0.561. The van der Waals surface area contributed by atoms with E-state index in [2.05, 4.69) is 5.32 Å². The van der Waals surface area contributed by atoms with Crippen LogP contribution in [-0.4, -0.2) is 54.0 Å². The Morgan fingerprint density at radius 1 is 1.17 bits per heavy atom. The van der Waals surface area contributed by atoms with E-state index in [9.17, 15) is 14.4 Å². The number of halogens is 1. The molecule has 0 aromatic heterocycles. The summed E-state index contributed by atoms with van der Waals surface area (Å²) < 4.78 is 5.69. The number of hydrogen-bond acceptors (Lipinski definition) is 5. The van der Waals surface area contributed by atoms with Gasteiger partial charge in [0.1, 0.15) is 0 Å². The highest BCUT2D eigenvalue weighted by Gasteiger charge is 2.62. The average molecular weight is 358 g/mol. The SMILES string of the molecule is Cl.NC(CNC(=O)CCN1C(=O)C2C3CCC(O3)C2C1=O)C1CC1. The largest absolute Gasteiger partial charge is 0.373 e. The van der Waals surface area contributed by atoms with Crippen LogP contribution in [0.2, 0.25) is 0 Å². The van der Waals surface area contributed by atoms with Gasteiger partial charge in [0.25, 0.3) is 0 Å². The second-order valence-electron chi connectivity index (χ2n) is 7.23. The number of nitrogens with zero attached hydrogens (tertiary/aromatic N) is 1. The minimum atomic E-state index is -0.312. The van der Waals surface area contributed by atoms with Gasteiger partial charge in [0.15, 0.2) is 0 Å². The molecule has 1 saturated carbocycles. The van der Waals surface area contributed by atoms with Crippen molar-refractivity contribution in [2.75, 3.05) is 13.1 Å². The maximum absolute atomic E-state index is 12.4. The van der Waals surface area contributed by atoms with E-state index >= 15 is 0 Å². The lowest BCUT2D eigenvalue weighted by Crippen LogP contribution is -2.41. The van der Waals surface area contributed by atoms with Crippen LogP contribution < -0.4 is 11.1 Å². The molecule has 0 aromatic carbocycles. The zero-order valence-corrected chi connectivity index (χ0v) is 14.3. The third kappa shape index (κ3) is 2.93. The number of carbonyl (C=O) groups is 3. The molecule has 24 heavy (non-hydrogen) atoms. The predicted octanol–water partition coefficient (Wildman–Crippen LogP) is -0.186. The lowest BCUT2D eigenvalue weighted by Gasteiger charge is -2.17. The van der Waals surface area contributed by atoms with Gasteiger partial charge >= 0.3 is 0 Å². The van der Waals surface area contributed by atoms with Crippen LogP contribution in [0.5, 0.6) is 0 Å². The van der Waals surface area contributed by atoms with Crippen LogP contribution in [0.4, 0.5) is 0 Å². The van der Waals surface area contributed by atoms with Crippen LogP contribution in [0.3, 0.4) is 0 Å². The molecule has 3 aliphatic heterocycles. The lowest BCUT2D eigenvalue weighted by molar-refractivity contribution is -0.142. The minimum Gasteiger partial charge on any atom is -0.373 e. The number of nitrogens with two attached hydrogens (primary N) is 1. The maximum atomic E-state index is 12.4. The van der Waals surface area contributed by atoms with Gasteiger partial charge in [-0.3, -0.25) is 19.3 Å². The molecule has 3 heterocycles. The average Bonchev–Trinajstić information content (AvgIpc) is 3.11. The summed E-state index contributed by atoms with van der Waals surface area (Å²) in [4.78, 5) is 38.0. The summed E-state index contributed by atoms with van der Waals surface area (Å²) in [6.45, 7) is 0.628. The molecule has 8 heteroatoms. The summed E-state index contributed by atoms with van der Waals surface area (Å²) in [5.41, 5.74) is 5.94. The van der Waals surface area contributed by atoms with E-state index in [4.69, 9.17) is 10.5 Å². The predicted molar refractivity (Wildman–Crippen MR) is 87.2 cm³/mol. The van der Waals surface area contributed by atoms with E-state index in [0.29, 0.717) is 12.5 Å². The van der Waals surface area contributed by atoms with Crippen LogP contribution in [0, 0.1) is 17.8 Å². The molecule has 4 rings (SSSR count). The number of fused-ring (bicyclic) bond motifs is 5. The first-order chi connectivity index (χ1) is 11.1. The molecule has 5 unspecified atom stereocenters. The van der Waals surface area contributed by atoms with Gasteiger partial charge in [0, 0.05) is 25.6 Å². The number of amides is 3. The van der Waals surface area contributed by atoms with Gasteiger partial charge in [-0.15, -0.1) is 12.4 Å². The summed E-state index contributed by atoms with van der Waals surface area (Å²) in [5, 5.41) is 2.80. The fourth-order valence-corrected chi connectivity index (χ4v) is 4.22. The standard InChI is InChI=1S/C16H23N3O4.ClH/c17-9(8-1-2-8)7-18-12(20)5-6-19-15(21)13-10-3-4-11(23-10)14(13)16(19)22;/h8-11,13-14H,1-7,17H2,(H,18,20);1H. The first-order valence-electron chi connectivity index (χ1n) is 8.59. The Hall–Kier alpha value is -1.18. The van der Waals surface area contributed by atoms with Crippen LogP contribution in [-0.2, 0) is 19.1 Å². The highest BCUT2D eigenvalue weighted by molar-refractivity contribution is 6.06. The highest BCUT2D eigenvalue weighted by atomic mass is 35.5. The Kier molecular flexibility index (Phi) is 4.86. The number of carbonyl (C=O) groups excluding carboxylic acids is 3. The molecule has 3 N–H and O–H groups in total. The Bertz CT molecular complexity index is 525. The van der Waals surface area contributed by atoms with E-state index in [1.54, 1.807) is 0 Å². The molecule has 4 aliphatic rings. The molecule has 5 atom stereocenters. The van der Waals surface area contributed by atoms with Gasteiger partial charge in [-0.25, -0.2) is 0 Å². The summed E-state index contributed by atoms with van der Waals surface area (Å²) in [6, 6.07) is 0.0149. The monoisotopic (exact) mass is 357 g/mol. The van der Waals surface area contributed by atoms with Crippen molar-refractivity contribution in [3.8, 4) is 0 Å². The van der Waals surface area contributed by atoms with Crippen molar-refractivity contribution < 1.29 is 19.1 Å². The second kappa shape index (κ2) is 6.61. The molecular weight excluding hydrogens is 334 g/mol. The van der Waals surface area contributed by atoms with Crippen molar-refractivity contribution in [2.45, 2.75) is 50.4 Å². The third-order valence-electron chi connectivity index (χ3n) is 5.70. The Labute approximate surface area is 147 Å². The first kappa shape index (κ1) is 17.6. The number of nitrogens with one attached hydrogen (secondary N) is 1. The van der Waals surface area contributed by atoms with E-state index in [1.165, 1.54) is 4.90 Å². The van der Waals surface area contributed by atoms with Crippen LogP contribution in [0.1, 0.15) is 32.1 Å². The number of rotatable bonds is 6. The Morgan fingerprint density at radius 2 is 1.75 bits per heavy atom. The number of hydrogen-bond donors (Lipinski definition) is 2. The number of likely N-dealkylation sites (tertiary alicyclic amines) is 1. The van der Waals surface area contributed by atoms with Crippen molar-refractivity contribution in [1.29, 1.82) is 0 Å². The topological polar surface area (TPSA) is 102 Å². The smallest absolute Gasteiger partial charge is 0.235 e. The molecule has 0 radical (unpaired) electrons. The van der Waals surface area contributed by atoms with E-state index in [-0.39, 0.29) is 73.2 Å². The van der Waals surface area contributed by atoms with Crippen molar-refractivity contribution >= 4 is 30.1 Å². The fourth-order valence-electron chi connectivity index (χ4n) is 4.22. The zero-order valence-electron chi connectivity index (χ0n) is 13.5. The first-order valence-corrected chi connectivity index (χ1v) is 8.59. The van der Waals surface area contributed by atoms with E-state index in [1.807, 2.05) is 0 Å². The van der Waals surface area contributed by atoms with Crippen molar-refractivity contribution in [1.82, 2.24) is 10.2 Å². The molecule has 1 aliphatic carbocycles. The maximum Gasteiger partial charge on any atom is 0.235 e. The fraction of sp³-hybridized carbons (Fsp3) is 0.812. The van der Waals surface area contributed by atoms with Gasteiger partial charge in [0.05, 0.1) is 24.0 Å². The Balaban J connectivity index is 0.00000169. The van der Waals surface area contributed by atoms with Crippen molar-refractivity contribution in [3.05, 3.63) is 0 Å². The number of ether oxygens (including phenoxy) is 1. The third-order valence-corrected chi connectivity index (χ3v) is 5.70. The summed E-state index contributed by atoms with van der Waals surface area (Å²) in [6.07, 6.45) is 3.94. The van der Waals surface area contributed by atoms with E-state index < -0.39 is 0 Å². The van der Waals surface area contributed by atoms with Gasteiger partial charge in [-0.2, -0.15) is 0 Å². The molecule has 7 nitrogen and oxygen atoms in total. The molecule has 3 amide bonds. The van der Waals surface area contributed by atoms with Gasteiger partial charge in [-0.1, -0.05) is 0 Å². The molecule has 134 valence electrons. The van der Waals surface area contributed by atoms with Crippen LogP contribution >= 0.6 is 12.4 Å². The van der Waals surface area contributed by atoms with Crippen molar-refractivity contribution in [3.63, 3.8) is 0 Å². The quantitative estimate of drug-likeness (QED) is 0.642. The molecule has 4 fully saturated rings. The molecule has 0 spiro atoms. The van der Waals surface area contributed by atoms with Crippen molar-refractivity contribution in [2.24, 2.45) is 23.5 Å². The normalized spacial score (nSPS) is 35.0. The van der Waals surface area contributed by atoms with Gasteiger partial charge in [-0.05, 0) is 31.6 Å². The minimum absolute atomic E-state index is 0. The summed E-state index contributed by atoms with van der Waals surface area (Å²) in [7, 11) is 0. The molecule has 2 bridgehead atoms. The number of imide groups is 1. The van der Waals surface area contributed by atoms with E-state index in [0.717, 1.165) is 25.7 Å². The highest BCUT2D eigenvalue weighted by Crippen LogP contribution is 2.48. The lowest BCUT2D eigenvalue weighted by atomic mass is 9.81. The second-order valence-corrected chi connectivity index (χ2v) is 7.23. The van der Waals surface area contributed by atoms with Crippen LogP contribution in [0.25, 0.3) is 0 Å².